The Balaban J connectivity index is 1.95. The minimum absolute atomic E-state index is 0.377. The summed E-state index contributed by atoms with van der Waals surface area (Å²) in [5.41, 5.74) is -0.235. The van der Waals surface area contributed by atoms with Crippen molar-refractivity contribution < 1.29 is 27.5 Å². The van der Waals surface area contributed by atoms with Crippen LogP contribution in [0.5, 0.6) is 0 Å². The number of hydrogen-bond donors (Lipinski definition) is 0. The molecular formula is C17H21F3N2O3. The highest BCUT2D eigenvalue weighted by molar-refractivity contribution is 6.00. The van der Waals surface area contributed by atoms with E-state index >= 15 is 0 Å². The maximum Gasteiger partial charge on any atom is 0.454 e. The Labute approximate surface area is 144 Å². The van der Waals surface area contributed by atoms with E-state index < -0.39 is 17.6 Å². The molecule has 0 spiro atoms. The van der Waals surface area contributed by atoms with Crippen molar-refractivity contribution in [3.63, 3.8) is 0 Å². The highest BCUT2D eigenvalue weighted by atomic mass is 19.4. The number of anilines is 1. The zero-order valence-corrected chi connectivity index (χ0v) is 14.4. The quantitative estimate of drug-likeness (QED) is 0.760. The van der Waals surface area contributed by atoms with Crippen LogP contribution in [0.1, 0.15) is 31.1 Å². The fourth-order valence-corrected chi connectivity index (χ4v) is 2.46. The summed E-state index contributed by atoms with van der Waals surface area (Å²) in [4.78, 5) is 26.7. The SMILES string of the molecule is CC(C)(C)OC(=O)N1CCN(c2ccc(C(=O)C(F)(F)F)cc2)CC1. The highest BCUT2D eigenvalue weighted by Gasteiger charge is 2.39. The summed E-state index contributed by atoms with van der Waals surface area (Å²) >= 11 is 0. The van der Waals surface area contributed by atoms with Gasteiger partial charge in [-0.15, -0.1) is 0 Å². The van der Waals surface area contributed by atoms with Gasteiger partial charge in [-0.05, 0) is 45.0 Å². The minimum atomic E-state index is -4.87. The number of halogens is 3. The van der Waals surface area contributed by atoms with E-state index in [2.05, 4.69) is 0 Å². The molecular weight excluding hydrogens is 337 g/mol. The average Bonchev–Trinajstić information content (AvgIpc) is 2.52. The molecule has 0 unspecified atom stereocenters. The number of hydrogen-bond acceptors (Lipinski definition) is 4. The predicted molar refractivity (Wildman–Crippen MR) is 86.8 cm³/mol. The van der Waals surface area contributed by atoms with Crippen molar-refractivity contribution in [3.8, 4) is 0 Å². The molecule has 1 fully saturated rings. The van der Waals surface area contributed by atoms with Gasteiger partial charge in [-0.25, -0.2) is 4.79 Å². The van der Waals surface area contributed by atoms with Gasteiger partial charge in [0.15, 0.2) is 0 Å². The van der Waals surface area contributed by atoms with Crippen molar-refractivity contribution in [1.29, 1.82) is 0 Å². The second kappa shape index (κ2) is 6.93. The molecule has 0 radical (unpaired) electrons. The zero-order chi connectivity index (χ0) is 18.8. The maximum absolute atomic E-state index is 12.4. The van der Waals surface area contributed by atoms with Crippen molar-refractivity contribution in [2.24, 2.45) is 0 Å². The monoisotopic (exact) mass is 358 g/mol. The lowest BCUT2D eigenvalue weighted by atomic mass is 10.1. The van der Waals surface area contributed by atoms with E-state index in [1.54, 1.807) is 25.7 Å². The Morgan fingerprint density at radius 1 is 0.960 bits per heavy atom. The number of carbonyl (C=O) groups is 2. The molecule has 0 N–H and O–H groups in total. The molecule has 1 heterocycles. The van der Waals surface area contributed by atoms with Gasteiger partial charge in [-0.1, -0.05) is 0 Å². The smallest absolute Gasteiger partial charge is 0.444 e. The number of alkyl halides is 3. The van der Waals surface area contributed by atoms with Crippen molar-refractivity contribution in [3.05, 3.63) is 29.8 Å². The number of ketones is 1. The van der Waals surface area contributed by atoms with Crippen molar-refractivity contribution in [2.45, 2.75) is 32.5 Å². The van der Waals surface area contributed by atoms with Gasteiger partial charge >= 0.3 is 12.3 Å². The van der Waals surface area contributed by atoms with Crippen LogP contribution in [-0.2, 0) is 4.74 Å². The summed E-state index contributed by atoms with van der Waals surface area (Å²) in [6.45, 7) is 7.37. The Hall–Kier alpha value is -2.25. The lowest BCUT2D eigenvalue weighted by Crippen LogP contribution is -2.50. The van der Waals surface area contributed by atoms with Gasteiger partial charge < -0.3 is 14.5 Å². The zero-order valence-electron chi connectivity index (χ0n) is 14.4. The molecule has 1 saturated heterocycles. The molecule has 25 heavy (non-hydrogen) atoms. The lowest BCUT2D eigenvalue weighted by Gasteiger charge is -2.36. The number of benzene rings is 1. The summed E-state index contributed by atoms with van der Waals surface area (Å²) in [7, 11) is 0. The molecule has 1 aliphatic heterocycles. The van der Waals surface area contributed by atoms with Crippen molar-refractivity contribution in [1.82, 2.24) is 4.90 Å². The van der Waals surface area contributed by atoms with E-state index in [1.807, 2.05) is 4.90 Å². The van der Waals surface area contributed by atoms with Crippen LogP contribution in [0.2, 0.25) is 0 Å². The lowest BCUT2D eigenvalue weighted by molar-refractivity contribution is -0.0885. The largest absolute Gasteiger partial charge is 0.454 e. The van der Waals surface area contributed by atoms with E-state index in [-0.39, 0.29) is 11.7 Å². The number of piperazine rings is 1. The minimum Gasteiger partial charge on any atom is -0.444 e. The molecule has 0 atom stereocenters. The average molecular weight is 358 g/mol. The van der Waals surface area contributed by atoms with Crippen LogP contribution in [0.25, 0.3) is 0 Å². The first-order valence-corrected chi connectivity index (χ1v) is 7.92. The number of rotatable bonds is 2. The topological polar surface area (TPSA) is 49.9 Å². The first-order chi connectivity index (χ1) is 11.5. The molecule has 2 rings (SSSR count). The van der Waals surface area contributed by atoms with Crippen LogP contribution < -0.4 is 4.90 Å². The van der Waals surface area contributed by atoms with Gasteiger partial charge in [-0.3, -0.25) is 4.79 Å². The number of nitrogens with zero attached hydrogens (tertiary/aromatic N) is 2. The van der Waals surface area contributed by atoms with Crippen LogP contribution in [-0.4, -0.2) is 54.7 Å². The number of Topliss-reactive ketones (excluding diaryl/α,β-unsaturated/α-hetero) is 1. The summed E-state index contributed by atoms with van der Waals surface area (Å²) in [5, 5.41) is 0. The molecule has 1 amide bonds. The van der Waals surface area contributed by atoms with Gasteiger partial charge in [0, 0.05) is 37.4 Å². The Bertz CT molecular complexity index is 628. The van der Waals surface area contributed by atoms with E-state index in [1.165, 1.54) is 24.3 Å². The standard InChI is InChI=1S/C17H21F3N2O3/c1-16(2,3)25-15(24)22-10-8-21(9-11-22)13-6-4-12(5-7-13)14(23)17(18,19)20/h4-7H,8-11H2,1-3H3. The molecule has 0 aliphatic carbocycles. The van der Waals surface area contributed by atoms with Gasteiger partial charge in [-0.2, -0.15) is 13.2 Å². The summed E-state index contributed by atoms with van der Waals surface area (Å²) in [6, 6.07) is 5.32. The number of amides is 1. The second-order valence-electron chi connectivity index (χ2n) is 6.83. The first kappa shape index (κ1) is 19.1. The second-order valence-corrected chi connectivity index (χ2v) is 6.83. The van der Waals surface area contributed by atoms with Gasteiger partial charge in [0.1, 0.15) is 5.60 Å². The van der Waals surface area contributed by atoms with E-state index in [9.17, 15) is 22.8 Å². The van der Waals surface area contributed by atoms with Gasteiger partial charge in [0.2, 0.25) is 0 Å². The first-order valence-electron chi connectivity index (χ1n) is 7.92. The molecule has 0 saturated carbocycles. The fourth-order valence-electron chi connectivity index (χ4n) is 2.46. The molecule has 0 bridgehead atoms. The van der Waals surface area contributed by atoms with Crippen molar-refractivity contribution >= 4 is 17.6 Å². The summed E-state index contributed by atoms with van der Waals surface area (Å²) in [6.07, 6.45) is -5.25. The summed E-state index contributed by atoms with van der Waals surface area (Å²) < 4.78 is 42.6. The molecule has 0 aromatic heterocycles. The Morgan fingerprint density at radius 2 is 1.48 bits per heavy atom. The number of carbonyl (C=O) groups excluding carboxylic acids is 2. The maximum atomic E-state index is 12.4. The van der Waals surface area contributed by atoms with Crippen LogP contribution in [0, 0.1) is 0 Å². The predicted octanol–water partition coefficient (Wildman–Crippen LogP) is 3.49. The molecule has 138 valence electrons. The fraction of sp³-hybridized carbons (Fsp3) is 0.529. The molecule has 8 heteroatoms. The van der Waals surface area contributed by atoms with E-state index in [4.69, 9.17) is 4.74 Å². The van der Waals surface area contributed by atoms with E-state index in [0.717, 1.165) is 0 Å². The number of ether oxygens (including phenoxy) is 1. The third kappa shape index (κ3) is 5.11. The normalized spacial score (nSPS) is 15.9. The van der Waals surface area contributed by atoms with Gasteiger partial charge in [0.25, 0.3) is 5.78 Å². The summed E-state index contributed by atoms with van der Waals surface area (Å²) in [5.74, 6) is -1.85. The molecule has 1 aromatic carbocycles. The molecule has 5 nitrogen and oxygen atoms in total. The van der Waals surface area contributed by atoms with Gasteiger partial charge in [0.05, 0.1) is 0 Å². The van der Waals surface area contributed by atoms with Crippen LogP contribution in [0.3, 0.4) is 0 Å². The van der Waals surface area contributed by atoms with Crippen LogP contribution in [0.15, 0.2) is 24.3 Å². The highest BCUT2D eigenvalue weighted by Crippen LogP contribution is 2.24. The third-order valence-electron chi connectivity index (χ3n) is 3.68. The van der Waals surface area contributed by atoms with Crippen molar-refractivity contribution in [2.75, 3.05) is 31.1 Å². The van der Waals surface area contributed by atoms with Crippen LogP contribution in [0.4, 0.5) is 23.7 Å². The molecule has 1 aromatic rings. The van der Waals surface area contributed by atoms with Crippen LogP contribution >= 0.6 is 0 Å². The van der Waals surface area contributed by atoms with E-state index in [0.29, 0.717) is 31.9 Å². The Morgan fingerprint density at radius 3 is 1.92 bits per heavy atom. The Kier molecular flexibility index (Phi) is 5.29. The molecule has 1 aliphatic rings. The third-order valence-corrected chi connectivity index (χ3v) is 3.68.